The van der Waals surface area contributed by atoms with E-state index in [2.05, 4.69) is 0 Å². The smallest absolute Gasteiger partial charge is 0.326 e. The molecule has 3 rings (SSSR count). The maximum atomic E-state index is 12.5. The Morgan fingerprint density at radius 3 is 2.71 bits per heavy atom. The van der Waals surface area contributed by atoms with Gasteiger partial charge >= 0.3 is 5.97 Å². The summed E-state index contributed by atoms with van der Waals surface area (Å²) in [6.45, 7) is 1.07. The minimum absolute atomic E-state index is 0.0517. The number of amides is 1. The van der Waals surface area contributed by atoms with Crippen LogP contribution >= 0.6 is 0 Å². The first-order valence-electron chi connectivity index (χ1n) is 7.36. The van der Waals surface area contributed by atoms with Crippen LogP contribution in [0.25, 0.3) is 0 Å². The molecule has 0 spiro atoms. The van der Waals surface area contributed by atoms with Crippen molar-refractivity contribution in [2.45, 2.75) is 44.4 Å². The van der Waals surface area contributed by atoms with Crippen molar-refractivity contribution in [1.29, 1.82) is 0 Å². The van der Waals surface area contributed by atoms with Gasteiger partial charge in [0.15, 0.2) is 0 Å². The third-order valence-corrected chi connectivity index (χ3v) is 4.28. The molecule has 1 fully saturated rings. The summed E-state index contributed by atoms with van der Waals surface area (Å²) < 4.78 is 5.48. The number of hydrogen-bond donors (Lipinski definition) is 1. The second-order valence-corrected chi connectivity index (χ2v) is 5.69. The zero-order chi connectivity index (χ0) is 14.8. The van der Waals surface area contributed by atoms with Crippen molar-refractivity contribution >= 4 is 11.9 Å². The van der Waals surface area contributed by atoms with Crippen molar-refractivity contribution < 1.29 is 19.4 Å². The van der Waals surface area contributed by atoms with E-state index in [9.17, 15) is 14.7 Å². The second kappa shape index (κ2) is 5.85. The number of carboxylic acids is 1. The molecule has 1 aromatic carbocycles. The first-order valence-corrected chi connectivity index (χ1v) is 7.36. The Morgan fingerprint density at radius 2 is 2.05 bits per heavy atom. The monoisotopic (exact) mass is 289 g/mol. The van der Waals surface area contributed by atoms with E-state index < -0.39 is 12.0 Å². The molecule has 2 atom stereocenters. The Kier molecular flexibility index (Phi) is 3.92. The van der Waals surface area contributed by atoms with Crippen molar-refractivity contribution in [3.05, 3.63) is 35.4 Å². The van der Waals surface area contributed by atoms with Crippen LogP contribution in [0.15, 0.2) is 24.3 Å². The number of carboxylic acid groups (broad SMARTS) is 1. The highest BCUT2D eigenvalue weighted by molar-refractivity contribution is 5.84. The van der Waals surface area contributed by atoms with Crippen LogP contribution in [0.3, 0.4) is 0 Å². The molecular formula is C16H19NO4. The summed E-state index contributed by atoms with van der Waals surface area (Å²) >= 11 is 0. The number of hydrogen-bond acceptors (Lipinski definition) is 3. The molecule has 2 aliphatic rings. The lowest BCUT2D eigenvalue weighted by atomic mass is 9.93. The SMILES string of the molecule is O=C(O)[C@H]1Cc2ccccc2CN1C(=O)C[C@H]1CCCO1. The molecule has 1 saturated heterocycles. The molecule has 0 bridgehead atoms. The summed E-state index contributed by atoms with van der Waals surface area (Å²) in [7, 11) is 0. The van der Waals surface area contributed by atoms with E-state index in [1.807, 2.05) is 24.3 Å². The van der Waals surface area contributed by atoms with Crippen molar-refractivity contribution in [1.82, 2.24) is 4.90 Å². The average molecular weight is 289 g/mol. The molecule has 0 unspecified atom stereocenters. The van der Waals surface area contributed by atoms with Gasteiger partial charge in [-0.2, -0.15) is 0 Å². The van der Waals surface area contributed by atoms with Crippen LogP contribution in [0.4, 0.5) is 0 Å². The van der Waals surface area contributed by atoms with Gasteiger partial charge in [-0.15, -0.1) is 0 Å². The van der Waals surface area contributed by atoms with E-state index in [1.165, 1.54) is 4.90 Å². The number of aliphatic carboxylic acids is 1. The maximum Gasteiger partial charge on any atom is 0.326 e. The zero-order valence-electron chi connectivity index (χ0n) is 11.8. The molecule has 5 nitrogen and oxygen atoms in total. The molecule has 0 aliphatic carbocycles. The third-order valence-electron chi connectivity index (χ3n) is 4.28. The normalized spacial score (nSPS) is 24.7. The van der Waals surface area contributed by atoms with E-state index in [1.54, 1.807) is 0 Å². The van der Waals surface area contributed by atoms with E-state index in [0.29, 0.717) is 19.6 Å². The molecule has 112 valence electrons. The maximum absolute atomic E-state index is 12.5. The molecule has 5 heteroatoms. The van der Waals surface area contributed by atoms with Crippen LogP contribution in [0.1, 0.15) is 30.4 Å². The van der Waals surface area contributed by atoms with Gasteiger partial charge < -0.3 is 14.7 Å². The van der Waals surface area contributed by atoms with Gasteiger partial charge in [0.2, 0.25) is 5.91 Å². The van der Waals surface area contributed by atoms with Crippen LogP contribution in [-0.2, 0) is 27.3 Å². The lowest BCUT2D eigenvalue weighted by Gasteiger charge is -2.35. The molecule has 1 aromatic rings. The van der Waals surface area contributed by atoms with E-state index in [4.69, 9.17) is 4.74 Å². The highest BCUT2D eigenvalue weighted by Crippen LogP contribution is 2.25. The second-order valence-electron chi connectivity index (χ2n) is 5.69. The van der Waals surface area contributed by atoms with Crippen molar-refractivity contribution in [3.63, 3.8) is 0 Å². The molecule has 21 heavy (non-hydrogen) atoms. The minimum atomic E-state index is -0.940. The summed E-state index contributed by atoms with van der Waals surface area (Å²) in [5, 5.41) is 9.42. The number of nitrogens with zero attached hydrogens (tertiary/aromatic N) is 1. The number of rotatable bonds is 3. The average Bonchev–Trinajstić information content (AvgIpc) is 2.98. The molecule has 0 aromatic heterocycles. The van der Waals surface area contributed by atoms with E-state index in [0.717, 1.165) is 24.0 Å². The highest BCUT2D eigenvalue weighted by Gasteiger charge is 2.35. The zero-order valence-corrected chi connectivity index (χ0v) is 11.8. The number of fused-ring (bicyclic) bond motifs is 1. The van der Waals surface area contributed by atoms with Gasteiger partial charge in [-0.3, -0.25) is 4.79 Å². The Balaban J connectivity index is 1.78. The molecule has 0 saturated carbocycles. The summed E-state index contributed by atoms with van der Waals surface area (Å²) in [6, 6.07) is 6.95. The Hall–Kier alpha value is -1.88. The van der Waals surface area contributed by atoms with Gasteiger partial charge in [0.05, 0.1) is 12.5 Å². The third kappa shape index (κ3) is 2.93. The molecule has 1 N–H and O–H groups in total. The molecule has 0 radical (unpaired) electrons. The molecule has 2 heterocycles. The van der Waals surface area contributed by atoms with Crippen molar-refractivity contribution in [3.8, 4) is 0 Å². The Bertz CT molecular complexity index is 551. The fourth-order valence-electron chi connectivity index (χ4n) is 3.12. The van der Waals surface area contributed by atoms with Crippen LogP contribution in [0.2, 0.25) is 0 Å². The van der Waals surface area contributed by atoms with Gasteiger partial charge in [-0.25, -0.2) is 4.79 Å². The highest BCUT2D eigenvalue weighted by atomic mass is 16.5. The summed E-state index contributed by atoms with van der Waals surface area (Å²) in [5.74, 6) is -1.06. The summed E-state index contributed by atoms with van der Waals surface area (Å²) in [4.78, 5) is 25.4. The van der Waals surface area contributed by atoms with Crippen LogP contribution in [0, 0.1) is 0 Å². The largest absolute Gasteiger partial charge is 0.480 e. The van der Waals surface area contributed by atoms with Gasteiger partial charge in [-0.1, -0.05) is 24.3 Å². The van der Waals surface area contributed by atoms with Crippen molar-refractivity contribution in [2.75, 3.05) is 6.61 Å². The number of carbonyl (C=O) groups excluding carboxylic acids is 1. The lowest BCUT2D eigenvalue weighted by molar-refractivity contribution is -0.152. The Labute approximate surface area is 123 Å². The summed E-state index contributed by atoms with van der Waals surface area (Å²) in [6.07, 6.45) is 2.47. The van der Waals surface area contributed by atoms with Crippen LogP contribution < -0.4 is 0 Å². The summed E-state index contributed by atoms with van der Waals surface area (Å²) in [5.41, 5.74) is 2.06. The molecular weight excluding hydrogens is 270 g/mol. The number of carbonyl (C=O) groups is 2. The fourth-order valence-corrected chi connectivity index (χ4v) is 3.12. The van der Waals surface area contributed by atoms with Gasteiger partial charge in [0.25, 0.3) is 0 Å². The molecule has 2 aliphatic heterocycles. The van der Waals surface area contributed by atoms with Crippen LogP contribution in [-0.4, -0.2) is 40.6 Å². The number of benzene rings is 1. The number of ether oxygens (including phenoxy) is 1. The topological polar surface area (TPSA) is 66.8 Å². The lowest BCUT2D eigenvalue weighted by Crippen LogP contribution is -2.49. The van der Waals surface area contributed by atoms with Gasteiger partial charge in [-0.05, 0) is 24.0 Å². The van der Waals surface area contributed by atoms with Crippen LogP contribution in [0.5, 0.6) is 0 Å². The van der Waals surface area contributed by atoms with Crippen molar-refractivity contribution in [2.24, 2.45) is 0 Å². The van der Waals surface area contributed by atoms with E-state index in [-0.39, 0.29) is 18.4 Å². The molecule has 1 amide bonds. The predicted molar refractivity (Wildman–Crippen MR) is 75.7 cm³/mol. The first kappa shape index (κ1) is 14.1. The predicted octanol–water partition coefficient (Wildman–Crippen LogP) is 1.59. The minimum Gasteiger partial charge on any atom is -0.480 e. The first-order chi connectivity index (χ1) is 10.1. The fraction of sp³-hybridized carbons (Fsp3) is 0.500. The standard InChI is InChI=1S/C16H19NO4/c18-15(9-13-6-3-7-21-13)17-10-12-5-2-1-4-11(12)8-14(17)16(19)20/h1-2,4-5,13-14H,3,6-10H2,(H,19,20)/t13-,14-/m1/s1. The van der Waals surface area contributed by atoms with E-state index >= 15 is 0 Å². The van der Waals surface area contributed by atoms with Gasteiger partial charge in [0.1, 0.15) is 6.04 Å². The quantitative estimate of drug-likeness (QED) is 0.917. The van der Waals surface area contributed by atoms with Gasteiger partial charge in [0, 0.05) is 19.6 Å². The Morgan fingerprint density at radius 1 is 1.29 bits per heavy atom.